The third-order valence-electron chi connectivity index (χ3n) is 4.58. The molecule has 0 unspecified atom stereocenters. The van der Waals surface area contributed by atoms with Crippen molar-refractivity contribution in [1.82, 2.24) is 15.4 Å². The highest BCUT2D eigenvalue weighted by Gasteiger charge is 2.22. The summed E-state index contributed by atoms with van der Waals surface area (Å²) in [6.07, 6.45) is 5.12. The molecule has 1 aromatic heterocycles. The largest absolute Gasteiger partial charge is 0.340 e. The van der Waals surface area contributed by atoms with Crippen LogP contribution < -0.4 is 21.1 Å². The Labute approximate surface area is 196 Å². The van der Waals surface area contributed by atoms with E-state index in [0.717, 1.165) is 25.7 Å². The molecule has 1 heterocycles. The van der Waals surface area contributed by atoms with Crippen LogP contribution in [-0.4, -0.2) is 35.6 Å². The summed E-state index contributed by atoms with van der Waals surface area (Å²) in [6, 6.07) is 7.36. The lowest BCUT2D eigenvalue weighted by atomic mass is 10.2. The second-order valence-electron chi connectivity index (χ2n) is 7.73. The predicted octanol–water partition coefficient (Wildman–Crippen LogP) is 4.36. The molecule has 0 bridgehead atoms. The maximum absolute atomic E-state index is 13.4. The fourth-order valence-electron chi connectivity index (χ4n) is 3.06. The Morgan fingerprint density at radius 2 is 1.94 bits per heavy atom. The summed E-state index contributed by atoms with van der Waals surface area (Å²) in [5, 5.41) is 10.8. The number of nitrogens with one attached hydrogen (secondary N) is 1. The van der Waals surface area contributed by atoms with Crippen molar-refractivity contribution in [2.45, 2.75) is 39.5 Å². The number of anilines is 2. The van der Waals surface area contributed by atoms with Crippen molar-refractivity contribution < 1.29 is 9.18 Å². The van der Waals surface area contributed by atoms with Gasteiger partial charge in [-0.15, -0.1) is 0 Å². The quantitative estimate of drug-likeness (QED) is 0.346. The molecule has 0 aliphatic rings. The Balaban J connectivity index is 2.26. The number of rotatable bonds is 11. The highest BCUT2D eigenvalue weighted by Crippen LogP contribution is 2.23. The van der Waals surface area contributed by atoms with Gasteiger partial charge < -0.3 is 5.73 Å². The molecule has 172 valence electrons. The summed E-state index contributed by atoms with van der Waals surface area (Å²) in [4.78, 5) is 23.1. The van der Waals surface area contributed by atoms with E-state index in [9.17, 15) is 14.4 Å². The number of carbonyl (C=O) groups is 1. The van der Waals surface area contributed by atoms with Gasteiger partial charge in [-0.2, -0.15) is 10.2 Å². The summed E-state index contributed by atoms with van der Waals surface area (Å²) in [5.41, 5.74) is 9.05. The number of nitrogens with two attached hydrogens (primary N) is 1. The zero-order valence-electron chi connectivity index (χ0n) is 18.4. The maximum Gasteiger partial charge on any atom is 0.340 e. The van der Waals surface area contributed by atoms with Gasteiger partial charge in [0.15, 0.2) is 5.82 Å². The Morgan fingerprint density at radius 1 is 1.25 bits per heavy atom. The number of hydrazine groups is 1. The number of nitrogens with zero attached hydrogens (tertiary/aromatic N) is 5. The van der Waals surface area contributed by atoms with Gasteiger partial charge in [-0.25, -0.2) is 19.6 Å². The number of halogens is 2. The second-order valence-corrected chi connectivity index (χ2v) is 8.58. The third-order valence-corrected chi connectivity index (χ3v) is 5.14. The van der Waals surface area contributed by atoms with Crippen LogP contribution in [0.25, 0.3) is 0 Å². The standard InChI is InChI=1S/C22H29BrFN7O/c1-16(2)15-31(21-19(23)14-27-20(13-26)28-21)29-22(32)30(12-6-4-3-5-11-25)18-9-7-17(24)8-10-18/h7-10,14,16H,3-6,11-12,15,25H2,1-2H3,(H,29,32). The van der Waals surface area contributed by atoms with E-state index in [1.807, 2.05) is 19.9 Å². The maximum atomic E-state index is 13.4. The average Bonchev–Trinajstić information content (AvgIpc) is 2.76. The Kier molecular flexibility index (Phi) is 10.3. The molecule has 2 rings (SSSR count). The highest BCUT2D eigenvalue weighted by molar-refractivity contribution is 9.10. The van der Waals surface area contributed by atoms with Crippen molar-refractivity contribution in [2.24, 2.45) is 11.7 Å². The molecule has 0 atom stereocenters. The number of hydrogen-bond acceptors (Lipinski definition) is 6. The first-order chi connectivity index (χ1) is 15.3. The molecule has 0 saturated heterocycles. The summed E-state index contributed by atoms with van der Waals surface area (Å²) < 4.78 is 14.0. The first-order valence-corrected chi connectivity index (χ1v) is 11.4. The minimum absolute atomic E-state index is 0.00139. The fourth-order valence-corrected chi connectivity index (χ4v) is 3.47. The molecular weight excluding hydrogens is 477 g/mol. The van der Waals surface area contributed by atoms with Crippen LogP contribution in [0.3, 0.4) is 0 Å². The number of carbonyl (C=O) groups excluding carboxylic acids is 1. The van der Waals surface area contributed by atoms with E-state index in [2.05, 4.69) is 31.3 Å². The number of urea groups is 1. The molecule has 0 saturated carbocycles. The molecule has 2 amide bonds. The van der Waals surface area contributed by atoms with Gasteiger partial charge in [0.25, 0.3) is 0 Å². The van der Waals surface area contributed by atoms with Crippen molar-refractivity contribution in [2.75, 3.05) is 29.5 Å². The Morgan fingerprint density at radius 3 is 2.56 bits per heavy atom. The highest BCUT2D eigenvalue weighted by atomic mass is 79.9. The van der Waals surface area contributed by atoms with Gasteiger partial charge in [0.1, 0.15) is 11.9 Å². The van der Waals surface area contributed by atoms with Crippen LogP contribution in [0.1, 0.15) is 45.4 Å². The number of hydrogen-bond donors (Lipinski definition) is 2. The first kappa shape index (κ1) is 25.5. The van der Waals surface area contributed by atoms with E-state index in [1.165, 1.54) is 18.3 Å². The normalized spacial score (nSPS) is 10.7. The molecule has 0 radical (unpaired) electrons. The minimum atomic E-state index is -0.375. The lowest BCUT2D eigenvalue weighted by Gasteiger charge is -2.31. The molecule has 10 heteroatoms. The van der Waals surface area contributed by atoms with E-state index >= 15 is 0 Å². The molecular formula is C22H29BrFN7O. The van der Waals surface area contributed by atoms with Crippen LogP contribution in [-0.2, 0) is 0 Å². The summed E-state index contributed by atoms with van der Waals surface area (Å²) in [7, 11) is 0. The molecule has 0 aliphatic carbocycles. The first-order valence-electron chi connectivity index (χ1n) is 10.6. The molecule has 0 fully saturated rings. The minimum Gasteiger partial charge on any atom is -0.330 e. The fraction of sp³-hybridized carbons (Fsp3) is 0.455. The number of amides is 2. The lowest BCUT2D eigenvalue weighted by Crippen LogP contribution is -2.51. The zero-order valence-corrected chi connectivity index (χ0v) is 20.0. The van der Waals surface area contributed by atoms with Gasteiger partial charge in [0.05, 0.1) is 4.47 Å². The summed E-state index contributed by atoms with van der Waals surface area (Å²) >= 11 is 3.40. The van der Waals surface area contributed by atoms with Crippen molar-refractivity contribution in [3.63, 3.8) is 0 Å². The van der Waals surface area contributed by atoms with Gasteiger partial charge in [0.2, 0.25) is 5.82 Å². The summed E-state index contributed by atoms with van der Waals surface area (Å²) in [6.45, 7) is 5.58. The summed E-state index contributed by atoms with van der Waals surface area (Å²) in [5.74, 6) is 0.216. The van der Waals surface area contributed by atoms with Crippen molar-refractivity contribution in [1.29, 1.82) is 5.26 Å². The topological polar surface area (TPSA) is 111 Å². The van der Waals surface area contributed by atoms with Gasteiger partial charge in [-0.1, -0.05) is 26.7 Å². The molecule has 2 aromatic rings. The number of unbranched alkanes of at least 4 members (excludes halogenated alkanes) is 3. The van der Waals surface area contributed by atoms with Gasteiger partial charge in [-0.05, 0) is 65.5 Å². The predicted molar refractivity (Wildman–Crippen MR) is 126 cm³/mol. The van der Waals surface area contributed by atoms with Crippen LogP contribution in [0, 0.1) is 23.1 Å². The van der Waals surface area contributed by atoms with E-state index in [0.29, 0.717) is 35.6 Å². The lowest BCUT2D eigenvalue weighted by molar-refractivity contribution is 0.244. The monoisotopic (exact) mass is 505 g/mol. The molecule has 8 nitrogen and oxygen atoms in total. The smallest absolute Gasteiger partial charge is 0.330 e. The molecule has 32 heavy (non-hydrogen) atoms. The van der Waals surface area contributed by atoms with Crippen molar-refractivity contribution in [3.8, 4) is 6.07 Å². The number of nitriles is 1. The van der Waals surface area contributed by atoms with Gasteiger partial charge in [0, 0.05) is 25.0 Å². The SMILES string of the molecule is CC(C)CN(NC(=O)N(CCCCCCN)c1ccc(F)cc1)c1nc(C#N)ncc1Br. The third kappa shape index (κ3) is 7.73. The second kappa shape index (κ2) is 12.9. The van der Waals surface area contributed by atoms with Crippen LogP contribution in [0.15, 0.2) is 34.9 Å². The van der Waals surface area contributed by atoms with Crippen molar-refractivity contribution >= 4 is 33.5 Å². The van der Waals surface area contributed by atoms with E-state index in [-0.39, 0.29) is 23.6 Å². The average molecular weight is 506 g/mol. The van der Waals surface area contributed by atoms with Crippen LogP contribution in [0.2, 0.25) is 0 Å². The van der Waals surface area contributed by atoms with Crippen LogP contribution >= 0.6 is 15.9 Å². The zero-order chi connectivity index (χ0) is 23.5. The Bertz CT molecular complexity index is 917. The number of aromatic nitrogens is 2. The van der Waals surface area contributed by atoms with E-state index in [1.54, 1.807) is 22.0 Å². The Hall–Kier alpha value is -2.77. The molecule has 0 spiro atoms. The molecule has 0 aliphatic heterocycles. The van der Waals surface area contributed by atoms with E-state index in [4.69, 9.17) is 5.73 Å². The molecule has 3 N–H and O–H groups in total. The molecule has 1 aromatic carbocycles. The number of benzene rings is 1. The van der Waals surface area contributed by atoms with Gasteiger partial charge in [-0.3, -0.25) is 9.91 Å². The van der Waals surface area contributed by atoms with Crippen LogP contribution in [0.4, 0.5) is 20.7 Å². The van der Waals surface area contributed by atoms with Crippen LogP contribution in [0.5, 0.6) is 0 Å². The van der Waals surface area contributed by atoms with Gasteiger partial charge >= 0.3 is 6.03 Å². The van der Waals surface area contributed by atoms with E-state index < -0.39 is 0 Å². The van der Waals surface area contributed by atoms with Crippen molar-refractivity contribution in [3.05, 3.63) is 46.6 Å².